The molecule has 1 aliphatic rings. The van der Waals surface area contributed by atoms with E-state index in [2.05, 4.69) is 0 Å². The van der Waals surface area contributed by atoms with Crippen LogP contribution >= 0.6 is 47.2 Å². The van der Waals surface area contributed by atoms with Gasteiger partial charge in [-0.25, -0.2) is 0 Å². The molecule has 1 aliphatic heterocycles. The van der Waals surface area contributed by atoms with E-state index in [-0.39, 0.29) is 5.91 Å². The summed E-state index contributed by atoms with van der Waals surface area (Å²) in [5.74, 6) is 1.08. The highest BCUT2D eigenvalue weighted by atomic mass is 35.5. The number of benzene rings is 3. The van der Waals surface area contributed by atoms with E-state index in [1.807, 2.05) is 54.6 Å². The zero-order valence-electron chi connectivity index (χ0n) is 16.9. The van der Waals surface area contributed by atoms with Crippen molar-refractivity contribution in [1.29, 1.82) is 0 Å². The minimum absolute atomic E-state index is 0.190. The van der Waals surface area contributed by atoms with E-state index in [0.717, 1.165) is 16.9 Å². The lowest BCUT2D eigenvalue weighted by Crippen LogP contribution is -2.27. The smallest absolute Gasteiger partial charge is 0.270 e. The van der Waals surface area contributed by atoms with Crippen LogP contribution in [-0.2, 0) is 11.4 Å². The van der Waals surface area contributed by atoms with Crippen LogP contribution in [0.3, 0.4) is 0 Å². The Balaban J connectivity index is 1.45. The maximum Gasteiger partial charge on any atom is 0.270 e. The number of hydrogen-bond acceptors (Lipinski definition) is 5. The number of hydrogen-bond donors (Lipinski definition) is 0. The Kier molecular flexibility index (Phi) is 7.06. The first-order valence-electron chi connectivity index (χ1n) is 9.53. The van der Waals surface area contributed by atoms with Gasteiger partial charge in [-0.2, -0.15) is 0 Å². The number of carbonyl (C=O) groups is 1. The molecule has 0 N–H and O–H groups in total. The van der Waals surface area contributed by atoms with Crippen molar-refractivity contribution in [1.82, 2.24) is 0 Å². The first-order chi connectivity index (χ1) is 15.4. The summed E-state index contributed by atoms with van der Waals surface area (Å²) in [6.07, 6.45) is 1.81. The number of amides is 1. The molecule has 8 heteroatoms. The molecular formula is C24H17Cl2NO3S2. The molecule has 4 rings (SSSR count). The van der Waals surface area contributed by atoms with Gasteiger partial charge in [0.25, 0.3) is 5.91 Å². The largest absolute Gasteiger partial charge is 0.495 e. The second-order valence-corrected chi connectivity index (χ2v) is 9.34. The molecule has 0 aliphatic carbocycles. The van der Waals surface area contributed by atoms with Crippen molar-refractivity contribution in [2.24, 2.45) is 0 Å². The minimum atomic E-state index is -0.190. The second-order valence-electron chi connectivity index (χ2n) is 6.82. The van der Waals surface area contributed by atoms with Gasteiger partial charge < -0.3 is 9.47 Å². The number of thiocarbonyl (C=S) groups is 1. The fourth-order valence-electron chi connectivity index (χ4n) is 3.04. The SMILES string of the molecule is COc1ccc(N2C(=O)/C(=C\c3ccc(OCc4ccc(Cl)cc4)cc3)SC2=S)cc1Cl. The number of nitrogens with zero attached hydrogens (tertiary/aromatic N) is 1. The van der Waals surface area contributed by atoms with Crippen molar-refractivity contribution >= 4 is 69.2 Å². The highest BCUT2D eigenvalue weighted by Crippen LogP contribution is 2.38. The van der Waals surface area contributed by atoms with Crippen molar-refractivity contribution < 1.29 is 14.3 Å². The normalized spacial score (nSPS) is 14.8. The van der Waals surface area contributed by atoms with E-state index in [1.54, 1.807) is 18.2 Å². The fourth-order valence-corrected chi connectivity index (χ4v) is 4.72. The van der Waals surface area contributed by atoms with Crippen LogP contribution < -0.4 is 14.4 Å². The molecule has 1 fully saturated rings. The predicted molar refractivity (Wildman–Crippen MR) is 136 cm³/mol. The van der Waals surface area contributed by atoms with Gasteiger partial charge in [0.05, 0.1) is 22.7 Å². The van der Waals surface area contributed by atoms with Gasteiger partial charge in [-0.15, -0.1) is 0 Å². The summed E-state index contributed by atoms with van der Waals surface area (Å²) in [5.41, 5.74) is 2.51. The Morgan fingerprint density at radius 3 is 2.41 bits per heavy atom. The van der Waals surface area contributed by atoms with Crippen molar-refractivity contribution in [2.75, 3.05) is 12.0 Å². The van der Waals surface area contributed by atoms with E-state index >= 15 is 0 Å². The monoisotopic (exact) mass is 501 g/mol. The number of methoxy groups -OCH3 is 1. The molecule has 3 aromatic carbocycles. The van der Waals surface area contributed by atoms with Crippen molar-refractivity contribution in [3.8, 4) is 11.5 Å². The third-order valence-electron chi connectivity index (χ3n) is 4.68. The summed E-state index contributed by atoms with van der Waals surface area (Å²) in [6.45, 7) is 0.444. The number of halogens is 2. The molecule has 0 saturated carbocycles. The Morgan fingerprint density at radius 1 is 1.03 bits per heavy atom. The zero-order valence-corrected chi connectivity index (χ0v) is 20.0. The first kappa shape index (κ1) is 22.7. The van der Waals surface area contributed by atoms with Gasteiger partial charge in [0.15, 0.2) is 4.32 Å². The summed E-state index contributed by atoms with van der Waals surface area (Å²) in [6, 6.07) is 20.2. The molecule has 1 saturated heterocycles. The summed E-state index contributed by atoms with van der Waals surface area (Å²) in [7, 11) is 1.54. The first-order valence-corrected chi connectivity index (χ1v) is 11.5. The Labute approximate surface area is 205 Å². The molecule has 1 amide bonds. The minimum Gasteiger partial charge on any atom is -0.495 e. The van der Waals surface area contributed by atoms with Gasteiger partial charge in [-0.3, -0.25) is 9.69 Å². The van der Waals surface area contributed by atoms with Crippen molar-refractivity contribution in [3.63, 3.8) is 0 Å². The van der Waals surface area contributed by atoms with E-state index in [4.69, 9.17) is 44.9 Å². The lowest BCUT2D eigenvalue weighted by atomic mass is 10.2. The van der Waals surface area contributed by atoms with E-state index in [9.17, 15) is 4.79 Å². The van der Waals surface area contributed by atoms with Gasteiger partial charge in [-0.05, 0) is 59.7 Å². The Hall–Kier alpha value is -2.51. The molecule has 0 radical (unpaired) electrons. The molecule has 0 aromatic heterocycles. The lowest BCUT2D eigenvalue weighted by Gasteiger charge is -2.15. The predicted octanol–water partition coefficient (Wildman–Crippen LogP) is 6.99. The van der Waals surface area contributed by atoms with E-state index < -0.39 is 0 Å². The van der Waals surface area contributed by atoms with Crippen molar-refractivity contribution in [3.05, 3.63) is 92.8 Å². The quantitative estimate of drug-likeness (QED) is 0.269. The summed E-state index contributed by atoms with van der Waals surface area (Å²) < 4.78 is 11.4. The molecule has 0 spiro atoms. The van der Waals surface area contributed by atoms with Gasteiger partial charge in [-0.1, -0.05) is 71.4 Å². The van der Waals surface area contributed by atoms with Crippen LogP contribution in [0, 0.1) is 0 Å². The van der Waals surface area contributed by atoms with E-state index in [1.165, 1.54) is 23.8 Å². The lowest BCUT2D eigenvalue weighted by molar-refractivity contribution is -0.113. The molecule has 162 valence electrons. The average Bonchev–Trinajstić information content (AvgIpc) is 3.07. The van der Waals surface area contributed by atoms with Crippen LogP contribution in [0.2, 0.25) is 10.0 Å². The van der Waals surface area contributed by atoms with Crippen LogP contribution in [0.15, 0.2) is 71.6 Å². The molecule has 0 atom stereocenters. The number of carbonyl (C=O) groups excluding carboxylic acids is 1. The van der Waals surface area contributed by atoms with Gasteiger partial charge in [0.1, 0.15) is 18.1 Å². The molecule has 0 unspecified atom stereocenters. The fraction of sp³-hybridized carbons (Fsp3) is 0.0833. The van der Waals surface area contributed by atoms with Crippen LogP contribution in [-0.4, -0.2) is 17.3 Å². The number of anilines is 1. The second kappa shape index (κ2) is 9.96. The maximum absolute atomic E-state index is 13.0. The number of thioether (sulfide) groups is 1. The van der Waals surface area contributed by atoms with Crippen LogP contribution in [0.4, 0.5) is 5.69 Å². The third-order valence-corrected chi connectivity index (χ3v) is 6.53. The van der Waals surface area contributed by atoms with Crippen LogP contribution in [0.5, 0.6) is 11.5 Å². The molecular weight excluding hydrogens is 485 g/mol. The van der Waals surface area contributed by atoms with Crippen LogP contribution in [0.25, 0.3) is 6.08 Å². The Morgan fingerprint density at radius 2 is 1.75 bits per heavy atom. The van der Waals surface area contributed by atoms with Crippen molar-refractivity contribution in [2.45, 2.75) is 6.61 Å². The van der Waals surface area contributed by atoms with E-state index in [0.29, 0.717) is 37.3 Å². The molecule has 3 aromatic rings. The number of ether oxygens (including phenoxy) is 2. The van der Waals surface area contributed by atoms with Gasteiger partial charge >= 0.3 is 0 Å². The topological polar surface area (TPSA) is 38.8 Å². The standard InChI is InChI=1S/C24H17Cl2NO3S2/c1-29-21-11-8-18(13-20(21)26)27-23(28)22(32-24(27)31)12-15-4-9-19(10-5-15)30-14-16-2-6-17(25)7-3-16/h2-13H,14H2,1H3/b22-12+. The molecule has 4 nitrogen and oxygen atoms in total. The van der Waals surface area contributed by atoms with Gasteiger partial charge in [0, 0.05) is 5.02 Å². The highest BCUT2D eigenvalue weighted by molar-refractivity contribution is 8.27. The molecule has 32 heavy (non-hydrogen) atoms. The third kappa shape index (κ3) is 5.10. The Bertz CT molecular complexity index is 1190. The molecule has 1 heterocycles. The maximum atomic E-state index is 13.0. The average molecular weight is 502 g/mol. The van der Waals surface area contributed by atoms with Crippen LogP contribution in [0.1, 0.15) is 11.1 Å². The zero-order chi connectivity index (χ0) is 22.7. The molecule has 0 bridgehead atoms. The summed E-state index contributed by atoms with van der Waals surface area (Å²) in [4.78, 5) is 15.0. The van der Waals surface area contributed by atoms with Gasteiger partial charge in [0.2, 0.25) is 0 Å². The summed E-state index contributed by atoms with van der Waals surface area (Å²) >= 11 is 18.8. The highest BCUT2D eigenvalue weighted by Gasteiger charge is 2.33. The summed E-state index contributed by atoms with van der Waals surface area (Å²) in [5, 5.41) is 1.11. The number of rotatable bonds is 6.